The number of nitrogens with one attached hydrogen (secondary N) is 2. The smallest absolute Gasteiger partial charge is 0.242 e. The van der Waals surface area contributed by atoms with Gasteiger partial charge in [-0.25, -0.2) is 13.1 Å². The molecule has 0 aliphatic rings. The van der Waals surface area contributed by atoms with Crippen molar-refractivity contribution >= 4 is 15.7 Å². The quantitative estimate of drug-likeness (QED) is 0.883. The summed E-state index contributed by atoms with van der Waals surface area (Å²) in [6.45, 7) is 2.15. The number of nitrogens with zero attached hydrogens (tertiary/aromatic N) is 1. The lowest BCUT2D eigenvalue weighted by atomic mass is 10.2. The molecule has 1 heterocycles. The molecule has 2 rings (SSSR count). The standard InChI is InChI=1S/C14H17N3O2S/c1-11-7-8-16-9-12(11)10-17-20(18,19)14-6-4-3-5-13(14)15-2/h3-9,15,17H,10H2,1-2H3. The van der Waals surface area contributed by atoms with Crippen molar-refractivity contribution in [3.63, 3.8) is 0 Å². The van der Waals surface area contributed by atoms with Crippen molar-refractivity contribution < 1.29 is 8.42 Å². The fraction of sp³-hybridized carbons (Fsp3) is 0.214. The summed E-state index contributed by atoms with van der Waals surface area (Å²) in [5.74, 6) is 0. The Bertz CT molecular complexity index is 699. The molecule has 0 amide bonds. The number of hydrogen-bond donors (Lipinski definition) is 2. The summed E-state index contributed by atoms with van der Waals surface area (Å²) in [4.78, 5) is 4.25. The topological polar surface area (TPSA) is 71.1 Å². The Balaban J connectivity index is 2.22. The minimum Gasteiger partial charge on any atom is -0.387 e. The Morgan fingerprint density at radius 2 is 1.95 bits per heavy atom. The van der Waals surface area contributed by atoms with Gasteiger partial charge < -0.3 is 5.32 Å². The van der Waals surface area contributed by atoms with Gasteiger partial charge in [0, 0.05) is 26.0 Å². The SMILES string of the molecule is CNc1ccccc1S(=O)(=O)NCc1cnccc1C. The summed E-state index contributed by atoms with van der Waals surface area (Å²) in [5, 5.41) is 2.88. The summed E-state index contributed by atoms with van der Waals surface area (Å²) in [6.07, 6.45) is 3.35. The second-order valence-corrected chi connectivity index (χ2v) is 6.11. The van der Waals surface area contributed by atoms with E-state index in [-0.39, 0.29) is 11.4 Å². The molecular weight excluding hydrogens is 274 g/mol. The normalized spacial score (nSPS) is 11.3. The second-order valence-electron chi connectivity index (χ2n) is 4.37. The molecule has 2 N–H and O–H groups in total. The number of anilines is 1. The molecule has 0 aliphatic heterocycles. The number of para-hydroxylation sites is 1. The average molecular weight is 291 g/mol. The van der Waals surface area contributed by atoms with Crippen LogP contribution >= 0.6 is 0 Å². The van der Waals surface area contributed by atoms with E-state index in [1.54, 1.807) is 43.7 Å². The predicted molar refractivity (Wildman–Crippen MR) is 79.0 cm³/mol. The van der Waals surface area contributed by atoms with Gasteiger partial charge in [0.1, 0.15) is 4.90 Å². The van der Waals surface area contributed by atoms with E-state index >= 15 is 0 Å². The number of pyridine rings is 1. The third-order valence-corrected chi connectivity index (χ3v) is 4.51. The molecule has 0 saturated carbocycles. The minimum absolute atomic E-state index is 0.222. The zero-order valence-corrected chi connectivity index (χ0v) is 12.2. The number of sulfonamides is 1. The van der Waals surface area contributed by atoms with Crippen molar-refractivity contribution in [1.29, 1.82) is 0 Å². The van der Waals surface area contributed by atoms with Gasteiger partial charge >= 0.3 is 0 Å². The van der Waals surface area contributed by atoms with Crippen molar-refractivity contribution in [1.82, 2.24) is 9.71 Å². The Labute approximate surface area is 119 Å². The number of benzene rings is 1. The fourth-order valence-corrected chi connectivity index (χ4v) is 3.06. The van der Waals surface area contributed by atoms with E-state index in [1.165, 1.54) is 0 Å². The van der Waals surface area contributed by atoms with Crippen molar-refractivity contribution in [2.24, 2.45) is 0 Å². The monoisotopic (exact) mass is 291 g/mol. The summed E-state index contributed by atoms with van der Waals surface area (Å²) in [5.41, 5.74) is 2.44. The van der Waals surface area contributed by atoms with Crippen LogP contribution in [0.3, 0.4) is 0 Å². The number of rotatable bonds is 5. The van der Waals surface area contributed by atoms with Crippen molar-refractivity contribution in [3.8, 4) is 0 Å². The van der Waals surface area contributed by atoms with Gasteiger partial charge in [-0.1, -0.05) is 12.1 Å². The van der Waals surface area contributed by atoms with Crippen LogP contribution in [0.25, 0.3) is 0 Å². The highest BCUT2D eigenvalue weighted by Crippen LogP contribution is 2.20. The highest BCUT2D eigenvalue weighted by atomic mass is 32.2. The van der Waals surface area contributed by atoms with Gasteiger partial charge in [-0.15, -0.1) is 0 Å². The highest BCUT2D eigenvalue weighted by molar-refractivity contribution is 7.89. The van der Waals surface area contributed by atoms with Crippen LogP contribution < -0.4 is 10.0 Å². The number of aromatic nitrogens is 1. The molecule has 1 aromatic carbocycles. The molecule has 0 atom stereocenters. The Kier molecular flexibility index (Phi) is 4.36. The lowest BCUT2D eigenvalue weighted by molar-refractivity contribution is 0.581. The van der Waals surface area contributed by atoms with E-state index in [0.717, 1.165) is 11.1 Å². The Morgan fingerprint density at radius 3 is 2.65 bits per heavy atom. The van der Waals surface area contributed by atoms with Gasteiger partial charge in [0.15, 0.2) is 0 Å². The van der Waals surface area contributed by atoms with Crippen molar-refractivity contribution in [3.05, 3.63) is 53.9 Å². The Morgan fingerprint density at radius 1 is 1.20 bits per heavy atom. The van der Waals surface area contributed by atoms with E-state index < -0.39 is 10.0 Å². The molecule has 0 bridgehead atoms. The molecule has 0 radical (unpaired) electrons. The summed E-state index contributed by atoms with van der Waals surface area (Å²) in [7, 11) is -1.86. The van der Waals surface area contributed by atoms with E-state index in [9.17, 15) is 8.42 Å². The summed E-state index contributed by atoms with van der Waals surface area (Å²) >= 11 is 0. The molecule has 6 heteroatoms. The van der Waals surface area contributed by atoms with Gasteiger partial charge in [0.25, 0.3) is 0 Å². The maximum absolute atomic E-state index is 12.3. The van der Waals surface area contributed by atoms with Gasteiger partial charge in [-0.3, -0.25) is 4.98 Å². The molecular formula is C14H17N3O2S. The predicted octanol–water partition coefficient (Wildman–Crippen LogP) is 1.91. The average Bonchev–Trinajstić information content (AvgIpc) is 2.46. The molecule has 20 heavy (non-hydrogen) atoms. The molecule has 0 fully saturated rings. The van der Waals surface area contributed by atoms with E-state index in [1.807, 2.05) is 13.0 Å². The lowest BCUT2D eigenvalue weighted by Gasteiger charge is -2.11. The van der Waals surface area contributed by atoms with Crippen LogP contribution in [0.4, 0.5) is 5.69 Å². The molecule has 2 aromatic rings. The van der Waals surface area contributed by atoms with E-state index in [2.05, 4.69) is 15.0 Å². The van der Waals surface area contributed by atoms with Gasteiger partial charge in [-0.05, 0) is 36.2 Å². The van der Waals surface area contributed by atoms with Crippen LogP contribution in [-0.4, -0.2) is 20.4 Å². The molecule has 0 aliphatic carbocycles. The van der Waals surface area contributed by atoms with Crippen LogP contribution in [0.1, 0.15) is 11.1 Å². The first-order valence-electron chi connectivity index (χ1n) is 6.20. The molecule has 5 nitrogen and oxygen atoms in total. The lowest BCUT2D eigenvalue weighted by Crippen LogP contribution is -2.24. The first kappa shape index (κ1) is 14.5. The van der Waals surface area contributed by atoms with E-state index in [4.69, 9.17) is 0 Å². The van der Waals surface area contributed by atoms with Crippen molar-refractivity contribution in [2.45, 2.75) is 18.4 Å². The Hall–Kier alpha value is -1.92. The minimum atomic E-state index is -3.56. The highest BCUT2D eigenvalue weighted by Gasteiger charge is 2.17. The molecule has 106 valence electrons. The summed E-state index contributed by atoms with van der Waals surface area (Å²) < 4.78 is 27.2. The van der Waals surface area contributed by atoms with Crippen LogP contribution in [0.15, 0.2) is 47.6 Å². The first-order valence-corrected chi connectivity index (χ1v) is 7.69. The number of hydrogen-bond acceptors (Lipinski definition) is 4. The third-order valence-electron chi connectivity index (χ3n) is 3.05. The van der Waals surface area contributed by atoms with E-state index in [0.29, 0.717) is 5.69 Å². The first-order chi connectivity index (χ1) is 9.54. The largest absolute Gasteiger partial charge is 0.387 e. The molecule has 1 aromatic heterocycles. The van der Waals surface area contributed by atoms with Gasteiger partial charge in [-0.2, -0.15) is 0 Å². The maximum Gasteiger partial charge on any atom is 0.242 e. The zero-order valence-electron chi connectivity index (χ0n) is 11.4. The molecule has 0 spiro atoms. The maximum atomic E-state index is 12.3. The van der Waals surface area contributed by atoms with Crippen LogP contribution in [-0.2, 0) is 16.6 Å². The zero-order chi connectivity index (χ0) is 14.6. The summed E-state index contributed by atoms with van der Waals surface area (Å²) in [6, 6.07) is 8.64. The fourth-order valence-electron chi connectivity index (χ4n) is 1.84. The molecule has 0 saturated heterocycles. The van der Waals surface area contributed by atoms with Gasteiger partial charge in [0.05, 0.1) is 5.69 Å². The van der Waals surface area contributed by atoms with Crippen LogP contribution in [0.2, 0.25) is 0 Å². The third kappa shape index (κ3) is 3.15. The second kappa shape index (κ2) is 6.02. The van der Waals surface area contributed by atoms with Crippen molar-refractivity contribution in [2.75, 3.05) is 12.4 Å². The van der Waals surface area contributed by atoms with Crippen LogP contribution in [0, 0.1) is 6.92 Å². The molecule has 0 unspecified atom stereocenters. The number of aryl methyl sites for hydroxylation is 1. The van der Waals surface area contributed by atoms with Gasteiger partial charge in [0.2, 0.25) is 10.0 Å². The van der Waals surface area contributed by atoms with Crippen LogP contribution in [0.5, 0.6) is 0 Å².